The molecule has 10 nitrogen and oxygen atoms in total. The number of para-hydroxylation sites is 1. The van der Waals surface area contributed by atoms with Crippen molar-refractivity contribution in [2.45, 2.75) is 44.6 Å². The van der Waals surface area contributed by atoms with Crippen molar-refractivity contribution in [2.24, 2.45) is 5.92 Å². The molecule has 0 spiro atoms. The average molecular weight is 585 g/mol. The largest absolute Gasteiger partial charge is 0.481 e. The summed E-state index contributed by atoms with van der Waals surface area (Å²) in [5.41, 5.74) is 3.39. The fourth-order valence-electron chi connectivity index (χ4n) is 6.64. The van der Waals surface area contributed by atoms with Gasteiger partial charge in [0.15, 0.2) is 11.5 Å². The van der Waals surface area contributed by atoms with Gasteiger partial charge in [0.2, 0.25) is 18.6 Å². The van der Waals surface area contributed by atoms with Gasteiger partial charge in [-0.25, -0.2) is 0 Å². The third-order valence-electron chi connectivity index (χ3n) is 8.76. The number of aliphatic carboxylic acids is 1. The van der Waals surface area contributed by atoms with Crippen molar-refractivity contribution >= 4 is 29.2 Å². The second-order valence-corrected chi connectivity index (χ2v) is 11.3. The van der Waals surface area contributed by atoms with Gasteiger partial charge in [-0.1, -0.05) is 37.6 Å². The molecule has 1 saturated heterocycles. The van der Waals surface area contributed by atoms with Crippen molar-refractivity contribution in [1.29, 1.82) is 0 Å². The first kappa shape index (κ1) is 28.7. The number of hydrogen-bond acceptors (Lipinski definition) is 7. The molecule has 3 aliphatic heterocycles. The molecule has 6 rings (SSSR count). The molecule has 224 valence electrons. The van der Waals surface area contributed by atoms with Gasteiger partial charge in [-0.05, 0) is 54.3 Å². The molecule has 1 fully saturated rings. The lowest BCUT2D eigenvalue weighted by Gasteiger charge is -2.31. The van der Waals surface area contributed by atoms with Crippen LogP contribution in [-0.4, -0.2) is 71.8 Å². The van der Waals surface area contributed by atoms with Crippen molar-refractivity contribution in [3.63, 3.8) is 0 Å². The van der Waals surface area contributed by atoms with Crippen LogP contribution in [0.25, 0.3) is 0 Å². The quantitative estimate of drug-likeness (QED) is 0.359. The summed E-state index contributed by atoms with van der Waals surface area (Å²) in [5, 5.41) is 10.6. The van der Waals surface area contributed by atoms with E-state index < -0.39 is 17.9 Å². The highest BCUT2D eigenvalue weighted by Crippen LogP contribution is 2.43. The molecule has 0 aliphatic carbocycles. The predicted molar refractivity (Wildman–Crippen MR) is 160 cm³/mol. The van der Waals surface area contributed by atoms with Crippen LogP contribution >= 0.6 is 0 Å². The van der Waals surface area contributed by atoms with E-state index in [1.165, 1.54) is 0 Å². The van der Waals surface area contributed by atoms with Crippen molar-refractivity contribution in [3.8, 4) is 11.5 Å². The minimum Gasteiger partial charge on any atom is -0.481 e. The van der Waals surface area contributed by atoms with Crippen LogP contribution < -0.4 is 19.3 Å². The number of benzene rings is 2. The standard InChI is InChI=1S/C33H36N4O6/c1-2-3-14-36(24-8-6-13-34-18-24)31(39)20-35-19-25(22-10-11-28-29(16-22)43-21-42-28)32(33(40)41)27(35)12-15-37-26-9-5-4-7-23(26)17-30(37)38/h4-11,13,16,18,25,27,32H,2-3,12,14-15,17,19-21H2,1H3,(H,40,41)/t25-,27+,32?/m1/s1. The Bertz CT molecular complexity index is 1500. The van der Waals surface area contributed by atoms with Gasteiger partial charge in [0.1, 0.15) is 0 Å². The van der Waals surface area contributed by atoms with Crippen LogP contribution in [0.4, 0.5) is 11.4 Å². The van der Waals surface area contributed by atoms with E-state index in [1.54, 1.807) is 28.3 Å². The zero-order chi connectivity index (χ0) is 29.9. The Morgan fingerprint density at radius 1 is 1.09 bits per heavy atom. The number of anilines is 2. The highest BCUT2D eigenvalue weighted by molar-refractivity contribution is 6.01. The summed E-state index contributed by atoms with van der Waals surface area (Å²) in [5.74, 6) is -0.975. The molecule has 0 saturated carbocycles. The molecule has 1 unspecified atom stereocenters. The second-order valence-electron chi connectivity index (χ2n) is 11.3. The first-order valence-electron chi connectivity index (χ1n) is 14.9. The maximum atomic E-state index is 13.9. The number of carboxylic acids is 1. The number of rotatable bonds is 11. The number of unbranched alkanes of at least 4 members (excludes halogenated alkanes) is 1. The molecule has 3 aromatic rings. The van der Waals surface area contributed by atoms with Gasteiger partial charge >= 0.3 is 5.97 Å². The van der Waals surface area contributed by atoms with E-state index in [-0.39, 0.29) is 31.1 Å². The molecular weight excluding hydrogens is 548 g/mol. The number of fused-ring (bicyclic) bond motifs is 2. The van der Waals surface area contributed by atoms with Crippen LogP contribution in [0, 0.1) is 5.92 Å². The fraction of sp³-hybridized carbons (Fsp3) is 0.394. The third kappa shape index (κ3) is 5.79. The second kappa shape index (κ2) is 12.4. The number of amides is 2. The lowest BCUT2D eigenvalue weighted by molar-refractivity contribution is -0.143. The third-order valence-corrected chi connectivity index (χ3v) is 8.76. The Labute approximate surface area is 250 Å². The summed E-state index contributed by atoms with van der Waals surface area (Å²) in [4.78, 5) is 49.5. The van der Waals surface area contributed by atoms with Crippen LogP contribution in [0.15, 0.2) is 67.0 Å². The van der Waals surface area contributed by atoms with Crippen molar-refractivity contribution in [1.82, 2.24) is 9.88 Å². The number of likely N-dealkylation sites (tertiary alicyclic amines) is 1. The minimum atomic E-state index is -0.925. The highest BCUT2D eigenvalue weighted by Gasteiger charge is 2.48. The lowest BCUT2D eigenvalue weighted by atomic mass is 9.84. The number of carbonyl (C=O) groups is 3. The fourth-order valence-corrected chi connectivity index (χ4v) is 6.64. The number of pyridine rings is 1. The van der Waals surface area contributed by atoms with Crippen LogP contribution in [-0.2, 0) is 20.8 Å². The summed E-state index contributed by atoms with van der Waals surface area (Å²) in [6, 6.07) is 16.5. The van der Waals surface area contributed by atoms with E-state index in [0.717, 1.165) is 35.3 Å². The summed E-state index contributed by atoms with van der Waals surface area (Å²) < 4.78 is 11.1. The predicted octanol–water partition coefficient (Wildman–Crippen LogP) is 4.09. The first-order valence-corrected chi connectivity index (χ1v) is 14.9. The maximum absolute atomic E-state index is 13.9. The van der Waals surface area contributed by atoms with Gasteiger partial charge < -0.3 is 24.4 Å². The Balaban J connectivity index is 1.30. The number of carboxylic acid groups (broad SMARTS) is 1. The molecule has 2 amide bonds. The average Bonchev–Trinajstić information content (AvgIpc) is 3.71. The molecule has 43 heavy (non-hydrogen) atoms. The van der Waals surface area contributed by atoms with E-state index in [4.69, 9.17) is 9.47 Å². The summed E-state index contributed by atoms with van der Waals surface area (Å²) in [6.45, 7) is 3.55. The number of carbonyl (C=O) groups excluding carboxylic acids is 2. The molecule has 3 atom stereocenters. The molecule has 1 N–H and O–H groups in total. The van der Waals surface area contributed by atoms with Crippen LogP contribution in [0.1, 0.15) is 43.2 Å². The van der Waals surface area contributed by atoms with Gasteiger partial charge in [-0.3, -0.25) is 24.3 Å². The zero-order valence-corrected chi connectivity index (χ0v) is 24.2. The smallest absolute Gasteiger partial charge is 0.308 e. The van der Waals surface area contributed by atoms with Crippen molar-refractivity contribution in [3.05, 3.63) is 78.1 Å². The zero-order valence-electron chi connectivity index (χ0n) is 24.2. The molecular formula is C33H36N4O6. The molecule has 0 radical (unpaired) electrons. The minimum absolute atomic E-state index is 0.00309. The SMILES string of the molecule is CCCCN(C(=O)CN1C[C@H](c2ccc3c(c2)OCO3)C(C(=O)O)[C@@H]1CCN1C(=O)Cc2ccccc21)c1cccnc1. The van der Waals surface area contributed by atoms with Gasteiger partial charge in [0, 0.05) is 43.5 Å². The lowest BCUT2D eigenvalue weighted by Crippen LogP contribution is -2.46. The summed E-state index contributed by atoms with van der Waals surface area (Å²) in [6.07, 6.45) is 5.86. The van der Waals surface area contributed by atoms with E-state index in [0.29, 0.717) is 44.0 Å². The Morgan fingerprint density at radius 3 is 2.72 bits per heavy atom. The van der Waals surface area contributed by atoms with Crippen LogP contribution in [0.5, 0.6) is 11.5 Å². The van der Waals surface area contributed by atoms with E-state index in [1.807, 2.05) is 53.4 Å². The number of aromatic nitrogens is 1. The number of hydrogen-bond donors (Lipinski definition) is 1. The molecule has 1 aromatic heterocycles. The molecule has 2 aromatic carbocycles. The highest BCUT2D eigenvalue weighted by atomic mass is 16.7. The molecule has 3 aliphatic rings. The number of nitrogens with zero attached hydrogens (tertiary/aromatic N) is 4. The molecule has 4 heterocycles. The monoisotopic (exact) mass is 584 g/mol. The maximum Gasteiger partial charge on any atom is 0.308 e. The summed E-state index contributed by atoms with van der Waals surface area (Å²) >= 11 is 0. The van der Waals surface area contributed by atoms with E-state index in [9.17, 15) is 19.5 Å². The van der Waals surface area contributed by atoms with Crippen LogP contribution in [0.2, 0.25) is 0 Å². The van der Waals surface area contributed by atoms with Crippen molar-refractivity contribution in [2.75, 3.05) is 42.8 Å². The van der Waals surface area contributed by atoms with E-state index in [2.05, 4.69) is 11.9 Å². The van der Waals surface area contributed by atoms with Gasteiger partial charge in [-0.15, -0.1) is 0 Å². The van der Waals surface area contributed by atoms with Gasteiger partial charge in [-0.2, -0.15) is 0 Å². The number of ether oxygens (including phenoxy) is 2. The molecule has 0 bridgehead atoms. The molecule has 10 heteroatoms. The van der Waals surface area contributed by atoms with Gasteiger partial charge in [0.05, 0.1) is 30.8 Å². The van der Waals surface area contributed by atoms with Gasteiger partial charge in [0.25, 0.3) is 0 Å². The Kier molecular flexibility index (Phi) is 8.29. The van der Waals surface area contributed by atoms with Crippen LogP contribution in [0.3, 0.4) is 0 Å². The topological polar surface area (TPSA) is 113 Å². The first-order chi connectivity index (χ1) is 20.9. The van der Waals surface area contributed by atoms with Crippen molar-refractivity contribution < 1.29 is 29.0 Å². The van der Waals surface area contributed by atoms with E-state index >= 15 is 0 Å². The normalized spacial score (nSPS) is 20.8. The summed E-state index contributed by atoms with van der Waals surface area (Å²) in [7, 11) is 0. The Hall–Kier alpha value is -4.44. The Morgan fingerprint density at radius 2 is 1.93 bits per heavy atom.